The second-order valence-corrected chi connectivity index (χ2v) is 7.47. The van der Waals surface area contributed by atoms with E-state index in [1.165, 1.54) is 14.2 Å². The summed E-state index contributed by atoms with van der Waals surface area (Å²) in [4.78, 5) is 25.7. The van der Waals surface area contributed by atoms with Gasteiger partial charge in [0, 0.05) is 21.3 Å². The maximum absolute atomic E-state index is 13.0. The summed E-state index contributed by atoms with van der Waals surface area (Å²) in [6, 6.07) is 18.1. The van der Waals surface area contributed by atoms with Crippen molar-refractivity contribution < 1.29 is 19.1 Å². The molecular weight excluding hydrogens is 451 g/mol. The Balaban J connectivity index is 1.93. The van der Waals surface area contributed by atoms with E-state index < -0.39 is 11.8 Å². The average molecular weight is 471 g/mol. The van der Waals surface area contributed by atoms with Gasteiger partial charge in [-0.1, -0.05) is 29.3 Å². The Morgan fingerprint density at radius 2 is 1.41 bits per heavy atom. The second kappa shape index (κ2) is 10.7. The highest BCUT2D eigenvalue weighted by Gasteiger charge is 2.16. The fourth-order valence-corrected chi connectivity index (χ4v) is 3.05. The minimum absolute atomic E-state index is 0.0344. The number of methoxy groups -OCH3 is 2. The number of rotatable bonds is 7. The summed E-state index contributed by atoms with van der Waals surface area (Å²) >= 11 is 11.8. The number of ether oxygens (including phenoxy) is 2. The van der Waals surface area contributed by atoms with E-state index in [1.807, 2.05) is 0 Å². The molecule has 0 aliphatic carbocycles. The zero-order chi connectivity index (χ0) is 23.1. The van der Waals surface area contributed by atoms with Gasteiger partial charge in [0.25, 0.3) is 11.8 Å². The molecule has 0 atom stereocenters. The Labute approximate surface area is 195 Å². The van der Waals surface area contributed by atoms with Crippen molar-refractivity contribution in [3.63, 3.8) is 0 Å². The van der Waals surface area contributed by atoms with Crippen LogP contribution in [0.15, 0.2) is 72.4 Å². The molecule has 0 saturated carbocycles. The van der Waals surface area contributed by atoms with Crippen molar-refractivity contribution in [2.45, 2.75) is 0 Å². The number of hydrogen-bond donors (Lipinski definition) is 2. The van der Waals surface area contributed by atoms with Gasteiger partial charge in [-0.3, -0.25) is 9.59 Å². The molecule has 0 saturated heterocycles. The van der Waals surface area contributed by atoms with Crippen LogP contribution >= 0.6 is 23.2 Å². The summed E-state index contributed by atoms with van der Waals surface area (Å²) in [6.45, 7) is 0. The van der Waals surface area contributed by atoms with Crippen molar-refractivity contribution >= 4 is 46.8 Å². The molecule has 0 bridgehead atoms. The van der Waals surface area contributed by atoms with Gasteiger partial charge in [-0.15, -0.1) is 0 Å². The van der Waals surface area contributed by atoms with Crippen molar-refractivity contribution in [2.24, 2.45) is 0 Å². The fourth-order valence-electron chi connectivity index (χ4n) is 2.80. The summed E-state index contributed by atoms with van der Waals surface area (Å²) in [6.07, 6.45) is 1.54. The Kier molecular flexibility index (Phi) is 7.76. The third kappa shape index (κ3) is 6.03. The van der Waals surface area contributed by atoms with Crippen LogP contribution < -0.4 is 20.1 Å². The molecule has 0 heterocycles. The van der Waals surface area contributed by atoms with Crippen molar-refractivity contribution in [3.05, 3.63) is 93.6 Å². The number of halogens is 2. The second-order valence-electron chi connectivity index (χ2n) is 6.59. The molecule has 3 aromatic rings. The van der Waals surface area contributed by atoms with Crippen LogP contribution in [-0.2, 0) is 4.79 Å². The first kappa shape index (κ1) is 23.2. The molecule has 32 heavy (non-hydrogen) atoms. The van der Waals surface area contributed by atoms with Crippen LogP contribution in [0.1, 0.15) is 15.9 Å². The Morgan fingerprint density at radius 1 is 0.812 bits per heavy atom. The summed E-state index contributed by atoms with van der Waals surface area (Å²) < 4.78 is 10.6. The molecule has 2 amide bonds. The van der Waals surface area contributed by atoms with Crippen molar-refractivity contribution in [3.8, 4) is 11.5 Å². The van der Waals surface area contributed by atoms with Gasteiger partial charge in [0.05, 0.1) is 14.2 Å². The topological polar surface area (TPSA) is 76.7 Å². The maximum atomic E-state index is 13.0. The van der Waals surface area contributed by atoms with Crippen LogP contribution in [0, 0.1) is 0 Å². The normalized spacial score (nSPS) is 10.9. The highest BCUT2D eigenvalue weighted by atomic mass is 35.5. The van der Waals surface area contributed by atoms with Crippen LogP contribution in [0.2, 0.25) is 10.0 Å². The number of nitrogens with one attached hydrogen (secondary N) is 2. The van der Waals surface area contributed by atoms with E-state index in [1.54, 1.807) is 72.8 Å². The van der Waals surface area contributed by atoms with Gasteiger partial charge in [0.1, 0.15) is 5.70 Å². The average Bonchev–Trinajstić information content (AvgIpc) is 2.80. The molecule has 0 aliphatic rings. The lowest BCUT2D eigenvalue weighted by molar-refractivity contribution is -0.113. The summed E-state index contributed by atoms with van der Waals surface area (Å²) in [5, 5.41) is 6.46. The first-order valence-electron chi connectivity index (χ1n) is 9.47. The van der Waals surface area contributed by atoms with Gasteiger partial charge < -0.3 is 20.1 Å². The number of amides is 2. The zero-order valence-electron chi connectivity index (χ0n) is 17.3. The standard InChI is InChI=1S/C24H20Cl2N2O4/c1-31-21-12-3-15(14-22(21)32-2)13-20(24(30)27-19-10-8-18(26)9-11-19)28-23(29)16-4-6-17(25)7-5-16/h3-14H,1-2H3,(H,27,30)(H,28,29)/b20-13+. The van der Waals surface area contributed by atoms with Crippen LogP contribution in [0.25, 0.3) is 6.08 Å². The number of hydrogen-bond acceptors (Lipinski definition) is 4. The van der Waals surface area contributed by atoms with Crippen molar-refractivity contribution in [1.29, 1.82) is 0 Å². The SMILES string of the molecule is COc1ccc(/C=C(/NC(=O)c2ccc(Cl)cc2)C(=O)Nc2ccc(Cl)cc2)cc1OC. The minimum Gasteiger partial charge on any atom is -0.493 e. The van der Waals surface area contributed by atoms with Gasteiger partial charge in [0.2, 0.25) is 0 Å². The maximum Gasteiger partial charge on any atom is 0.272 e. The number of anilines is 1. The molecular formula is C24H20Cl2N2O4. The van der Waals surface area contributed by atoms with E-state index >= 15 is 0 Å². The number of carbonyl (C=O) groups is 2. The third-order valence-electron chi connectivity index (χ3n) is 4.42. The molecule has 2 N–H and O–H groups in total. The van der Waals surface area contributed by atoms with Crippen LogP contribution in [0.5, 0.6) is 11.5 Å². The lowest BCUT2D eigenvalue weighted by atomic mass is 10.1. The van der Waals surface area contributed by atoms with Gasteiger partial charge in [-0.2, -0.15) is 0 Å². The molecule has 3 rings (SSSR count). The van der Waals surface area contributed by atoms with E-state index in [2.05, 4.69) is 10.6 Å². The predicted octanol–water partition coefficient (Wildman–Crippen LogP) is 5.42. The molecule has 3 aromatic carbocycles. The molecule has 0 unspecified atom stereocenters. The van der Waals surface area contributed by atoms with Gasteiger partial charge in [-0.25, -0.2) is 0 Å². The van der Waals surface area contributed by atoms with E-state index in [9.17, 15) is 9.59 Å². The minimum atomic E-state index is -0.510. The van der Waals surface area contributed by atoms with Crippen LogP contribution in [-0.4, -0.2) is 26.0 Å². The lowest BCUT2D eigenvalue weighted by Crippen LogP contribution is -2.30. The van der Waals surface area contributed by atoms with Gasteiger partial charge in [0.15, 0.2) is 11.5 Å². The monoisotopic (exact) mass is 470 g/mol. The fraction of sp³-hybridized carbons (Fsp3) is 0.0833. The largest absolute Gasteiger partial charge is 0.493 e. The molecule has 164 valence electrons. The Hall–Kier alpha value is -3.48. The van der Waals surface area contributed by atoms with Crippen molar-refractivity contribution in [2.75, 3.05) is 19.5 Å². The molecule has 0 aliphatic heterocycles. The third-order valence-corrected chi connectivity index (χ3v) is 4.92. The molecule has 0 radical (unpaired) electrons. The number of benzene rings is 3. The van der Waals surface area contributed by atoms with Crippen LogP contribution in [0.3, 0.4) is 0 Å². The molecule has 0 spiro atoms. The number of carbonyl (C=O) groups excluding carboxylic acids is 2. The van der Waals surface area contributed by atoms with Crippen LogP contribution in [0.4, 0.5) is 5.69 Å². The quantitative estimate of drug-likeness (QED) is 0.452. The van der Waals surface area contributed by atoms with E-state index in [0.29, 0.717) is 38.4 Å². The first-order valence-corrected chi connectivity index (χ1v) is 10.2. The smallest absolute Gasteiger partial charge is 0.272 e. The van der Waals surface area contributed by atoms with E-state index in [0.717, 1.165) is 0 Å². The highest BCUT2D eigenvalue weighted by Crippen LogP contribution is 2.28. The lowest BCUT2D eigenvalue weighted by Gasteiger charge is -2.12. The van der Waals surface area contributed by atoms with Gasteiger partial charge in [-0.05, 0) is 72.3 Å². The highest BCUT2D eigenvalue weighted by molar-refractivity contribution is 6.31. The van der Waals surface area contributed by atoms with Crippen molar-refractivity contribution in [1.82, 2.24) is 5.32 Å². The Bertz CT molecular complexity index is 1140. The first-order chi connectivity index (χ1) is 15.4. The molecule has 6 nitrogen and oxygen atoms in total. The summed E-state index contributed by atoms with van der Waals surface area (Å²) in [5.41, 5.74) is 1.54. The summed E-state index contributed by atoms with van der Waals surface area (Å²) in [5.74, 6) is 0.0637. The predicted molar refractivity (Wildman–Crippen MR) is 127 cm³/mol. The molecule has 0 aromatic heterocycles. The molecule has 8 heteroatoms. The van der Waals surface area contributed by atoms with E-state index in [4.69, 9.17) is 32.7 Å². The Morgan fingerprint density at radius 3 is 2.00 bits per heavy atom. The van der Waals surface area contributed by atoms with E-state index in [-0.39, 0.29) is 5.70 Å². The zero-order valence-corrected chi connectivity index (χ0v) is 18.8. The van der Waals surface area contributed by atoms with Gasteiger partial charge >= 0.3 is 0 Å². The summed E-state index contributed by atoms with van der Waals surface area (Å²) in [7, 11) is 3.05. The molecule has 0 fully saturated rings.